The Bertz CT molecular complexity index is 714. The molecule has 0 atom stereocenters. The fourth-order valence-electron chi connectivity index (χ4n) is 2.40. The molecule has 0 aliphatic heterocycles. The fourth-order valence-corrected chi connectivity index (χ4v) is 2.40. The summed E-state index contributed by atoms with van der Waals surface area (Å²) in [4.78, 5) is 27.2. The van der Waals surface area contributed by atoms with Gasteiger partial charge in [0.05, 0.1) is 6.54 Å². The minimum absolute atomic E-state index is 0.0145. The van der Waals surface area contributed by atoms with Crippen LogP contribution in [0.15, 0.2) is 54.6 Å². The molecule has 1 N–H and O–H groups in total. The SMILES string of the molecule is CN(C)C(=O)CCc1cccc(NCC(=O)N(C)c2ccccc2)c1. The van der Waals surface area contributed by atoms with E-state index < -0.39 is 0 Å². The van der Waals surface area contributed by atoms with Crippen molar-refractivity contribution in [2.45, 2.75) is 12.8 Å². The van der Waals surface area contributed by atoms with Crippen LogP contribution in [-0.2, 0) is 16.0 Å². The molecule has 2 amide bonds. The molecule has 0 radical (unpaired) electrons. The van der Waals surface area contributed by atoms with Crippen molar-refractivity contribution in [2.24, 2.45) is 0 Å². The van der Waals surface area contributed by atoms with Crippen molar-refractivity contribution in [3.05, 3.63) is 60.2 Å². The van der Waals surface area contributed by atoms with Gasteiger partial charge in [-0.1, -0.05) is 30.3 Å². The Morgan fingerprint density at radius 1 is 0.920 bits per heavy atom. The van der Waals surface area contributed by atoms with E-state index in [1.165, 1.54) is 0 Å². The number of likely N-dealkylation sites (N-methyl/N-ethyl adjacent to an activating group) is 1. The molecule has 0 saturated carbocycles. The van der Waals surface area contributed by atoms with Gasteiger partial charge in [0.1, 0.15) is 0 Å². The van der Waals surface area contributed by atoms with Gasteiger partial charge in [0.15, 0.2) is 0 Å². The second-order valence-corrected chi connectivity index (χ2v) is 6.13. The summed E-state index contributed by atoms with van der Waals surface area (Å²) in [6.45, 7) is 0.214. The summed E-state index contributed by atoms with van der Waals surface area (Å²) in [5, 5.41) is 3.16. The van der Waals surface area contributed by atoms with Gasteiger partial charge in [0.25, 0.3) is 0 Å². The third-order valence-corrected chi connectivity index (χ3v) is 4.01. The quantitative estimate of drug-likeness (QED) is 0.844. The highest BCUT2D eigenvalue weighted by Crippen LogP contribution is 2.14. The van der Waals surface area contributed by atoms with Gasteiger partial charge < -0.3 is 15.1 Å². The summed E-state index contributed by atoms with van der Waals surface area (Å²) in [5.41, 5.74) is 2.82. The normalized spacial score (nSPS) is 10.2. The first-order valence-corrected chi connectivity index (χ1v) is 8.32. The van der Waals surface area contributed by atoms with Crippen molar-refractivity contribution < 1.29 is 9.59 Å². The van der Waals surface area contributed by atoms with Crippen LogP contribution < -0.4 is 10.2 Å². The first-order valence-electron chi connectivity index (χ1n) is 8.32. The molecular weight excluding hydrogens is 314 g/mol. The molecule has 2 aromatic carbocycles. The van der Waals surface area contributed by atoms with E-state index in [0.717, 1.165) is 16.9 Å². The van der Waals surface area contributed by atoms with Crippen molar-refractivity contribution >= 4 is 23.2 Å². The lowest BCUT2D eigenvalue weighted by Gasteiger charge is -2.18. The number of carbonyl (C=O) groups is 2. The van der Waals surface area contributed by atoms with Crippen molar-refractivity contribution in [1.82, 2.24) is 4.90 Å². The number of rotatable bonds is 7. The number of anilines is 2. The maximum atomic E-state index is 12.3. The molecule has 2 aromatic rings. The van der Waals surface area contributed by atoms with Crippen molar-refractivity contribution in [3.63, 3.8) is 0 Å². The number of amides is 2. The van der Waals surface area contributed by atoms with Crippen LogP contribution in [0.25, 0.3) is 0 Å². The summed E-state index contributed by atoms with van der Waals surface area (Å²) in [6.07, 6.45) is 1.16. The summed E-state index contributed by atoms with van der Waals surface area (Å²) >= 11 is 0. The largest absolute Gasteiger partial charge is 0.376 e. The molecule has 25 heavy (non-hydrogen) atoms. The Hall–Kier alpha value is -2.82. The number of benzene rings is 2. The number of carbonyl (C=O) groups excluding carboxylic acids is 2. The molecule has 0 aromatic heterocycles. The number of nitrogens with zero attached hydrogens (tertiary/aromatic N) is 2. The number of hydrogen-bond acceptors (Lipinski definition) is 3. The Balaban J connectivity index is 1.89. The van der Waals surface area contributed by atoms with Gasteiger partial charge in [-0.25, -0.2) is 0 Å². The maximum absolute atomic E-state index is 12.3. The Morgan fingerprint density at radius 2 is 1.64 bits per heavy atom. The summed E-state index contributed by atoms with van der Waals surface area (Å²) in [5.74, 6) is 0.0948. The number of hydrogen-bond donors (Lipinski definition) is 1. The Morgan fingerprint density at radius 3 is 2.32 bits per heavy atom. The van der Waals surface area contributed by atoms with Gasteiger partial charge >= 0.3 is 0 Å². The van der Waals surface area contributed by atoms with Gasteiger partial charge in [0.2, 0.25) is 11.8 Å². The zero-order valence-electron chi connectivity index (χ0n) is 15.0. The van der Waals surface area contributed by atoms with Crippen molar-refractivity contribution in [1.29, 1.82) is 0 Å². The molecule has 0 unspecified atom stereocenters. The monoisotopic (exact) mass is 339 g/mol. The topological polar surface area (TPSA) is 52.7 Å². The molecule has 0 fully saturated rings. The van der Waals surface area contributed by atoms with Gasteiger partial charge in [-0.05, 0) is 36.2 Å². The van der Waals surface area contributed by atoms with Crippen LogP contribution in [0, 0.1) is 0 Å². The summed E-state index contributed by atoms with van der Waals surface area (Å²) in [6, 6.07) is 17.4. The van der Waals surface area contributed by atoms with Crippen molar-refractivity contribution in [2.75, 3.05) is 37.9 Å². The molecule has 5 heteroatoms. The molecule has 0 heterocycles. The minimum atomic E-state index is -0.0145. The number of para-hydroxylation sites is 1. The second kappa shape index (κ2) is 8.87. The first kappa shape index (κ1) is 18.5. The second-order valence-electron chi connectivity index (χ2n) is 6.13. The molecule has 0 bridgehead atoms. The average molecular weight is 339 g/mol. The smallest absolute Gasteiger partial charge is 0.246 e. The molecule has 0 aliphatic carbocycles. The zero-order valence-corrected chi connectivity index (χ0v) is 15.0. The van der Waals surface area contributed by atoms with Crippen LogP contribution in [0.1, 0.15) is 12.0 Å². The van der Waals surface area contributed by atoms with E-state index in [4.69, 9.17) is 0 Å². The van der Waals surface area contributed by atoms with Crippen LogP contribution >= 0.6 is 0 Å². The third-order valence-electron chi connectivity index (χ3n) is 4.01. The molecule has 0 saturated heterocycles. The molecule has 0 aliphatic rings. The number of aryl methyl sites for hydroxylation is 1. The lowest BCUT2D eigenvalue weighted by atomic mass is 10.1. The summed E-state index contributed by atoms with van der Waals surface area (Å²) in [7, 11) is 5.28. The minimum Gasteiger partial charge on any atom is -0.376 e. The predicted molar refractivity (Wildman–Crippen MR) is 102 cm³/mol. The highest BCUT2D eigenvalue weighted by Gasteiger charge is 2.10. The van der Waals surface area contributed by atoms with Crippen LogP contribution in [0.5, 0.6) is 0 Å². The van der Waals surface area contributed by atoms with E-state index >= 15 is 0 Å². The highest BCUT2D eigenvalue weighted by molar-refractivity contribution is 5.95. The van der Waals surface area contributed by atoms with Crippen LogP contribution in [0.3, 0.4) is 0 Å². The van der Waals surface area contributed by atoms with E-state index in [0.29, 0.717) is 12.8 Å². The predicted octanol–water partition coefficient (Wildman–Crippen LogP) is 2.78. The van der Waals surface area contributed by atoms with Gasteiger partial charge in [-0.15, -0.1) is 0 Å². The van der Waals surface area contributed by atoms with E-state index in [1.807, 2.05) is 54.6 Å². The van der Waals surface area contributed by atoms with Crippen LogP contribution in [0.2, 0.25) is 0 Å². The fraction of sp³-hybridized carbons (Fsp3) is 0.300. The van der Waals surface area contributed by atoms with Gasteiger partial charge in [0, 0.05) is 38.9 Å². The molecule has 132 valence electrons. The number of nitrogens with one attached hydrogen (secondary N) is 1. The van der Waals surface area contributed by atoms with E-state index in [2.05, 4.69) is 5.32 Å². The standard InChI is InChI=1S/C20H25N3O2/c1-22(2)19(24)13-12-16-8-7-9-17(14-16)21-15-20(25)23(3)18-10-5-4-6-11-18/h4-11,14,21H,12-13,15H2,1-3H3. The summed E-state index contributed by atoms with van der Waals surface area (Å²) < 4.78 is 0. The van der Waals surface area contributed by atoms with E-state index in [9.17, 15) is 9.59 Å². The van der Waals surface area contributed by atoms with E-state index in [-0.39, 0.29) is 18.4 Å². The van der Waals surface area contributed by atoms with Crippen LogP contribution in [-0.4, -0.2) is 44.4 Å². The molecule has 0 spiro atoms. The lowest BCUT2D eigenvalue weighted by molar-refractivity contribution is -0.128. The van der Waals surface area contributed by atoms with Crippen molar-refractivity contribution in [3.8, 4) is 0 Å². The first-order chi connectivity index (χ1) is 12.0. The average Bonchev–Trinajstić information content (AvgIpc) is 2.64. The lowest BCUT2D eigenvalue weighted by Crippen LogP contribution is -2.32. The van der Waals surface area contributed by atoms with Gasteiger partial charge in [-0.3, -0.25) is 9.59 Å². The van der Waals surface area contributed by atoms with Gasteiger partial charge in [-0.2, -0.15) is 0 Å². The Labute approximate surface area is 149 Å². The molecule has 2 rings (SSSR count). The highest BCUT2D eigenvalue weighted by atomic mass is 16.2. The molecular formula is C20H25N3O2. The third kappa shape index (κ3) is 5.64. The zero-order chi connectivity index (χ0) is 18.2. The van der Waals surface area contributed by atoms with E-state index in [1.54, 1.807) is 30.9 Å². The van der Waals surface area contributed by atoms with Crippen LogP contribution in [0.4, 0.5) is 11.4 Å². The maximum Gasteiger partial charge on any atom is 0.246 e. The Kier molecular flexibility index (Phi) is 6.57. The molecule has 5 nitrogen and oxygen atoms in total.